The van der Waals surface area contributed by atoms with Gasteiger partial charge in [0.05, 0.1) is 18.1 Å². The molecule has 3 aromatic carbocycles. The highest BCUT2D eigenvalue weighted by Crippen LogP contribution is 2.35. The van der Waals surface area contributed by atoms with Gasteiger partial charge in [-0.1, -0.05) is 66.2 Å². The van der Waals surface area contributed by atoms with Gasteiger partial charge in [0.15, 0.2) is 11.5 Å². The second-order valence-electron chi connectivity index (χ2n) is 7.67. The molecule has 1 fully saturated rings. The zero-order chi connectivity index (χ0) is 23.2. The molecule has 3 aromatic rings. The number of rotatable bonds is 8. The van der Waals surface area contributed by atoms with Gasteiger partial charge in [0, 0.05) is 0 Å². The van der Waals surface area contributed by atoms with E-state index < -0.39 is 0 Å². The zero-order valence-electron chi connectivity index (χ0n) is 18.6. The van der Waals surface area contributed by atoms with Crippen molar-refractivity contribution in [3.8, 4) is 11.5 Å². The Morgan fingerprint density at radius 3 is 2.42 bits per heavy atom. The van der Waals surface area contributed by atoms with Crippen LogP contribution in [0, 0.1) is 6.92 Å². The third kappa shape index (κ3) is 5.65. The molecule has 4 rings (SSSR count). The summed E-state index contributed by atoms with van der Waals surface area (Å²) in [5, 5.41) is -0.263. The van der Waals surface area contributed by atoms with Gasteiger partial charge in [-0.3, -0.25) is 14.5 Å². The Kier molecular flexibility index (Phi) is 7.15. The van der Waals surface area contributed by atoms with Crippen molar-refractivity contribution < 1.29 is 19.1 Å². The molecule has 0 saturated carbocycles. The molecular formula is C27H25NO4S. The topological polar surface area (TPSA) is 55.8 Å². The summed E-state index contributed by atoms with van der Waals surface area (Å²) < 4.78 is 11.7. The fourth-order valence-corrected chi connectivity index (χ4v) is 4.36. The van der Waals surface area contributed by atoms with Gasteiger partial charge in [0.1, 0.15) is 6.61 Å². The summed E-state index contributed by atoms with van der Waals surface area (Å²) in [6.07, 6.45) is 1.73. The van der Waals surface area contributed by atoms with Gasteiger partial charge in [-0.25, -0.2) is 0 Å². The molecule has 0 bridgehead atoms. The van der Waals surface area contributed by atoms with Crippen LogP contribution in [0.3, 0.4) is 0 Å². The number of amides is 2. The lowest BCUT2D eigenvalue weighted by Crippen LogP contribution is -2.27. The fourth-order valence-electron chi connectivity index (χ4n) is 3.52. The minimum atomic E-state index is -0.283. The van der Waals surface area contributed by atoms with E-state index in [1.165, 1.54) is 4.90 Å². The molecule has 33 heavy (non-hydrogen) atoms. The summed E-state index contributed by atoms with van der Waals surface area (Å²) in [5.74, 6) is 0.945. The Balaban J connectivity index is 1.51. The summed E-state index contributed by atoms with van der Waals surface area (Å²) in [5.41, 5.74) is 3.85. The van der Waals surface area contributed by atoms with Crippen molar-refractivity contribution in [2.75, 3.05) is 6.61 Å². The van der Waals surface area contributed by atoms with Crippen LogP contribution in [0.2, 0.25) is 0 Å². The number of aryl methyl sites for hydroxylation is 1. The van der Waals surface area contributed by atoms with Crippen molar-refractivity contribution in [3.05, 3.63) is 100.0 Å². The quantitative estimate of drug-likeness (QED) is 0.375. The van der Waals surface area contributed by atoms with Crippen LogP contribution in [0.1, 0.15) is 29.2 Å². The molecule has 5 nitrogen and oxygen atoms in total. The summed E-state index contributed by atoms with van der Waals surface area (Å²) in [7, 11) is 0. The largest absolute Gasteiger partial charge is 0.490 e. The summed E-state index contributed by atoms with van der Waals surface area (Å²) in [4.78, 5) is 27.1. The Hall–Kier alpha value is -3.51. The van der Waals surface area contributed by atoms with Crippen LogP contribution < -0.4 is 9.47 Å². The third-order valence-corrected chi connectivity index (χ3v) is 6.01. The Morgan fingerprint density at radius 1 is 0.879 bits per heavy atom. The summed E-state index contributed by atoms with van der Waals surface area (Å²) in [6, 6.07) is 23.2. The van der Waals surface area contributed by atoms with Crippen molar-refractivity contribution >= 4 is 29.0 Å². The number of ether oxygens (including phenoxy) is 2. The molecule has 168 valence electrons. The van der Waals surface area contributed by atoms with Gasteiger partial charge in [-0.05, 0) is 60.5 Å². The van der Waals surface area contributed by atoms with E-state index in [2.05, 4.69) is 0 Å². The first-order valence-electron chi connectivity index (χ1n) is 10.8. The van der Waals surface area contributed by atoms with Crippen LogP contribution in [0.4, 0.5) is 4.79 Å². The van der Waals surface area contributed by atoms with E-state index in [0.29, 0.717) is 29.6 Å². The van der Waals surface area contributed by atoms with E-state index in [-0.39, 0.29) is 17.7 Å². The van der Waals surface area contributed by atoms with Crippen LogP contribution in [0.25, 0.3) is 6.08 Å². The number of hydrogen-bond acceptors (Lipinski definition) is 5. The number of nitrogens with zero attached hydrogens (tertiary/aromatic N) is 1. The van der Waals surface area contributed by atoms with Gasteiger partial charge in [0.2, 0.25) is 0 Å². The average Bonchev–Trinajstić information content (AvgIpc) is 3.07. The molecule has 2 amide bonds. The van der Waals surface area contributed by atoms with Gasteiger partial charge >= 0.3 is 0 Å². The summed E-state index contributed by atoms with van der Waals surface area (Å²) >= 11 is 0.957. The normalized spacial score (nSPS) is 14.7. The predicted molar refractivity (Wildman–Crippen MR) is 131 cm³/mol. The van der Waals surface area contributed by atoms with Crippen molar-refractivity contribution in [3.63, 3.8) is 0 Å². The maximum Gasteiger partial charge on any atom is 0.293 e. The molecule has 0 N–H and O–H groups in total. The molecule has 0 atom stereocenters. The molecule has 0 aliphatic carbocycles. The van der Waals surface area contributed by atoms with Crippen LogP contribution in [0.15, 0.2) is 77.7 Å². The number of carbonyl (C=O) groups excluding carboxylic acids is 2. The maximum atomic E-state index is 12.9. The van der Waals surface area contributed by atoms with Gasteiger partial charge in [-0.15, -0.1) is 0 Å². The van der Waals surface area contributed by atoms with Crippen LogP contribution in [-0.2, 0) is 17.9 Å². The van der Waals surface area contributed by atoms with E-state index in [4.69, 9.17) is 9.47 Å². The van der Waals surface area contributed by atoms with Crippen LogP contribution in [0.5, 0.6) is 11.5 Å². The lowest BCUT2D eigenvalue weighted by atomic mass is 10.1. The lowest BCUT2D eigenvalue weighted by molar-refractivity contribution is -0.123. The minimum absolute atomic E-state index is 0.263. The zero-order valence-corrected chi connectivity index (χ0v) is 19.4. The van der Waals surface area contributed by atoms with Crippen LogP contribution >= 0.6 is 11.8 Å². The van der Waals surface area contributed by atoms with Crippen molar-refractivity contribution in [1.82, 2.24) is 4.90 Å². The van der Waals surface area contributed by atoms with Gasteiger partial charge < -0.3 is 9.47 Å². The molecule has 0 radical (unpaired) electrons. The van der Waals surface area contributed by atoms with Crippen molar-refractivity contribution in [1.29, 1.82) is 0 Å². The van der Waals surface area contributed by atoms with E-state index in [1.54, 1.807) is 6.08 Å². The molecule has 1 heterocycles. The monoisotopic (exact) mass is 459 g/mol. The fraction of sp³-hybridized carbons (Fsp3) is 0.185. The SMILES string of the molecule is CCOc1cc(/C=C2/SC(=O)N(Cc3cccc(C)c3)C2=O)ccc1OCc1ccccc1. The van der Waals surface area contributed by atoms with Gasteiger partial charge in [-0.2, -0.15) is 0 Å². The summed E-state index contributed by atoms with van der Waals surface area (Å²) in [6.45, 7) is 5.07. The highest BCUT2D eigenvalue weighted by atomic mass is 32.2. The number of benzene rings is 3. The predicted octanol–water partition coefficient (Wildman–Crippen LogP) is 6.21. The molecule has 6 heteroatoms. The van der Waals surface area contributed by atoms with Crippen molar-refractivity contribution in [2.24, 2.45) is 0 Å². The maximum absolute atomic E-state index is 12.9. The second-order valence-corrected chi connectivity index (χ2v) is 8.66. The first-order chi connectivity index (χ1) is 16.0. The molecule has 1 aliphatic rings. The molecule has 0 aromatic heterocycles. The Labute approximate surface area is 198 Å². The van der Waals surface area contributed by atoms with Crippen molar-refractivity contribution in [2.45, 2.75) is 27.0 Å². The van der Waals surface area contributed by atoms with Crippen LogP contribution in [-0.4, -0.2) is 22.7 Å². The number of imide groups is 1. The van der Waals surface area contributed by atoms with E-state index >= 15 is 0 Å². The molecule has 0 spiro atoms. The highest BCUT2D eigenvalue weighted by molar-refractivity contribution is 8.18. The molecule has 1 saturated heterocycles. The van der Waals surface area contributed by atoms with E-state index in [0.717, 1.165) is 34.0 Å². The number of thioether (sulfide) groups is 1. The molecule has 1 aliphatic heterocycles. The lowest BCUT2D eigenvalue weighted by Gasteiger charge is -2.13. The third-order valence-electron chi connectivity index (χ3n) is 5.10. The van der Waals surface area contributed by atoms with E-state index in [9.17, 15) is 9.59 Å². The molecular weight excluding hydrogens is 434 g/mol. The smallest absolute Gasteiger partial charge is 0.293 e. The van der Waals surface area contributed by atoms with E-state index in [1.807, 2.05) is 86.6 Å². The first kappa shape index (κ1) is 22.7. The number of carbonyl (C=O) groups is 2. The average molecular weight is 460 g/mol. The Morgan fingerprint density at radius 2 is 1.67 bits per heavy atom. The Bertz CT molecular complexity index is 1190. The minimum Gasteiger partial charge on any atom is -0.490 e. The molecule has 0 unspecified atom stereocenters. The standard InChI is InChI=1S/C27H25NO4S/c1-3-31-24-15-21(12-13-23(24)32-18-20-9-5-4-6-10-20)16-25-26(29)28(27(30)33-25)17-22-11-7-8-19(2)14-22/h4-16H,3,17-18H2,1-2H3/b25-16+. The number of hydrogen-bond donors (Lipinski definition) is 0. The highest BCUT2D eigenvalue weighted by Gasteiger charge is 2.35. The van der Waals surface area contributed by atoms with Gasteiger partial charge in [0.25, 0.3) is 11.1 Å². The first-order valence-corrected chi connectivity index (χ1v) is 11.6. The second kappa shape index (κ2) is 10.4.